The lowest BCUT2D eigenvalue weighted by molar-refractivity contribution is -0.961. The molecule has 3 rings (SSSR count). The number of quaternary nitrogens is 1. The van der Waals surface area contributed by atoms with Gasteiger partial charge in [0.15, 0.2) is 5.54 Å². The average molecular weight is 327 g/mol. The highest BCUT2D eigenvalue weighted by molar-refractivity contribution is 9.10. The first kappa shape index (κ1) is 13.4. The van der Waals surface area contributed by atoms with Gasteiger partial charge >= 0.3 is 0 Å². The monoisotopic (exact) mass is 326 g/mol. The summed E-state index contributed by atoms with van der Waals surface area (Å²) in [6.45, 7) is 5.03. The molecule has 2 heterocycles. The van der Waals surface area contributed by atoms with Crippen molar-refractivity contribution in [1.29, 1.82) is 0 Å². The molecule has 0 amide bonds. The lowest BCUT2D eigenvalue weighted by atomic mass is 9.84. The van der Waals surface area contributed by atoms with Crippen LogP contribution in [0.5, 0.6) is 5.75 Å². The number of halogens is 1. The smallest absolute Gasteiger partial charge is 0.160 e. The first-order chi connectivity index (χ1) is 9.11. The highest BCUT2D eigenvalue weighted by atomic mass is 79.9. The Morgan fingerprint density at radius 2 is 2.05 bits per heavy atom. The van der Waals surface area contributed by atoms with E-state index in [2.05, 4.69) is 22.9 Å². The number of nitrogens with one attached hydrogen (secondary N) is 1. The second-order valence-corrected chi connectivity index (χ2v) is 6.87. The fraction of sp³-hybridized carbons (Fsp3) is 0.600. The van der Waals surface area contributed by atoms with Crippen molar-refractivity contribution in [2.24, 2.45) is 0 Å². The van der Waals surface area contributed by atoms with Crippen LogP contribution in [0.1, 0.15) is 37.9 Å². The third-order valence-electron chi connectivity index (χ3n) is 4.66. The maximum Gasteiger partial charge on any atom is 0.160 e. The molecule has 1 saturated heterocycles. The van der Waals surface area contributed by atoms with Crippen molar-refractivity contribution in [3.05, 3.63) is 28.2 Å². The van der Waals surface area contributed by atoms with Gasteiger partial charge in [0.25, 0.3) is 0 Å². The van der Waals surface area contributed by atoms with E-state index in [4.69, 9.17) is 4.74 Å². The minimum Gasteiger partial charge on any atom is -0.487 e. The molecule has 2 unspecified atom stereocenters. The molecule has 1 fully saturated rings. The maximum absolute atomic E-state index is 10.8. The molecular formula is C15H21BrNO2+. The highest BCUT2D eigenvalue weighted by Crippen LogP contribution is 2.37. The summed E-state index contributed by atoms with van der Waals surface area (Å²) in [6, 6.07) is 5.89. The van der Waals surface area contributed by atoms with Crippen LogP contribution < -0.4 is 9.64 Å². The van der Waals surface area contributed by atoms with Crippen LogP contribution >= 0.6 is 15.9 Å². The van der Waals surface area contributed by atoms with Crippen LogP contribution in [0.3, 0.4) is 0 Å². The molecule has 2 N–H and O–H groups in total. The molecule has 1 aromatic rings. The topological polar surface area (TPSA) is 33.9 Å². The summed E-state index contributed by atoms with van der Waals surface area (Å²) < 4.78 is 6.91. The Bertz CT molecular complexity index is 473. The van der Waals surface area contributed by atoms with Crippen molar-refractivity contribution in [3.63, 3.8) is 0 Å². The highest BCUT2D eigenvalue weighted by Gasteiger charge is 2.48. The van der Waals surface area contributed by atoms with Crippen molar-refractivity contribution in [3.8, 4) is 5.75 Å². The zero-order valence-corrected chi connectivity index (χ0v) is 12.9. The largest absolute Gasteiger partial charge is 0.487 e. The molecule has 0 aliphatic carbocycles. The van der Waals surface area contributed by atoms with Crippen LogP contribution in [0, 0.1) is 0 Å². The standard InChI is InChI=1S/C15H20BrNO2/c1-15(17-7-3-2-4-8-17)10-19-13-6-5-11(16)9-12(13)14(15)18/h5-6,9,14,18H,2-4,7-8,10H2,1H3/p+1. The Morgan fingerprint density at radius 3 is 2.79 bits per heavy atom. The number of hydrogen-bond donors (Lipinski definition) is 2. The lowest BCUT2D eigenvalue weighted by Gasteiger charge is -2.45. The van der Waals surface area contributed by atoms with E-state index in [-0.39, 0.29) is 5.54 Å². The average Bonchev–Trinajstić information content (AvgIpc) is 2.45. The fourth-order valence-corrected chi connectivity index (χ4v) is 3.74. The summed E-state index contributed by atoms with van der Waals surface area (Å²) in [5.74, 6) is 0.824. The SMILES string of the molecule is CC1([NH+]2CCCCC2)COc2ccc(Br)cc2C1O. The second kappa shape index (κ2) is 5.08. The Kier molecular flexibility index (Phi) is 3.58. The molecule has 0 spiro atoms. The summed E-state index contributed by atoms with van der Waals surface area (Å²) in [7, 11) is 0. The van der Waals surface area contributed by atoms with Crippen LogP contribution in [-0.4, -0.2) is 30.3 Å². The summed E-state index contributed by atoms with van der Waals surface area (Å²) >= 11 is 3.48. The zero-order valence-electron chi connectivity index (χ0n) is 11.3. The predicted octanol–water partition coefficient (Wildman–Crippen LogP) is 1.70. The number of rotatable bonds is 1. The molecule has 3 nitrogen and oxygen atoms in total. The van der Waals surface area contributed by atoms with E-state index in [0.717, 1.165) is 28.9 Å². The van der Waals surface area contributed by atoms with Gasteiger partial charge in [-0.2, -0.15) is 0 Å². The van der Waals surface area contributed by atoms with Crippen LogP contribution in [0.4, 0.5) is 0 Å². The Morgan fingerprint density at radius 1 is 1.32 bits per heavy atom. The Balaban J connectivity index is 1.92. The van der Waals surface area contributed by atoms with Crippen molar-refractivity contribution in [1.82, 2.24) is 0 Å². The molecule has 0 bridgehead atoms. The van der Waals surface area contributed by atoms with E-state index in [9.17, 15) is 5.11 Å². The third-order valence-corrected chi connectivity index (χ3v) is 5.16. The molecular weight excluding hydrogens is 306 g/mol. The predicted molar refractivity (Wildman–Crippen MR) is 77.5 cm³/mol. The number of fused-ring (bicyclic) bond motifs is 1. The minimum atomic E-state index is -0.457. The van der Waals surface area contributed by atoms with Crippen LogP contribution in [0.15, 0.2) is 22.7 Å². The van der Waals surface area contributed by atoms with Gasteiger partial charge in [-0.25, -0.2) is 0 Å². The van der Waals surface area contributed by atoms with E-state index < -0.39 is 6.10 Å². The fourth-order valence-electron chi connectivity index (χ4n) is 3.36. The number of benzene rings is 1. The normalized spacial score (nSPS) is 31.6. The van der Waals surface area contributed by atoms with Crippen molar-refractivity contribution >= 4 is 15.9 Å². The molecule has 1 aromatic carbocycles. The quantitative estimate of drug-likeness (QED) is 0.823. The molecule has 104 valence electrons. The van der Waals surface area contributed by atoms with Gasteiger partial charge in [0.05, 0.1) is 13.1 Å². The van der Waals surface area contributed by atoms with E-state index in [1.165, 1.54) is 24.2 Å². The minimum absolute atomic E-state index is 0.228. The van der Waals surface area contributed by atoms with Crippen LogP contribution in [0.25, 0.3) is 0 Å². The van der Waals surface area contributed by atoms with Crippen LogP contribution in [0.2, 0.25) is 0 Å². The summed E-state index contributed by atoms with van der Waals surface area (Å²) in [5.41, 5.74) is 0.690. The zero-order chi connectivity index (χ0) is 13.5. The number of ether oxygens (including phenoxy) is 1. The van der Waals surface area contributed by atoms with Crippen molar-refractivity contribution < 1.29 is 14.7 Å². The number of aliphatic hydroxyl groups excluding tert-OH is 1. The van der Waals surface area contributed by atoms with Gasteiger partial charge in [0.1, 0.15) is 18.5 Å². The van der Waals surface area contributed by atoms with Gasteiger partial charge < -0.3 is 14.7 Å². The maximum atomic E-state index is 10.8. The third kappa shape index (κ3) is 2.30. The number of piperidine rings is 1. The van der Waals surface area contributed by atoms with E-state index in [0.29, 0.717) is 6.61 Å². The lowest BCUT2D eigenvalue weighted by Crippen LogP contribution is -3.22. The number of likely N-dealkylation sites (tertiary alicyclic amines) is 1. The molecule has 2 aliphatic rings. The summed E-state index contributed by atoms with van der Waals surface area (Å²) in [6.07, 6.45) is 3.37. The van der Waals surface area contributed by atoms with Gasteiger partial charge in [-0.1, -0.05) is 15.9 Å². The molecule has 19 heavy (non-hydrogen) atoms. The van der Waals surface area contributed by atoms with Gasteiger partial charge in [-0.15, -0.1) is 0 Å². The Hall–Kier alpha value is -0.580. The van der Waals surface area contributed by atoms with E-state index in [1.54, 1.807) is 0 Å². The number of hydrogen-bond acceptors (Lipinski definition) is 2. The molecule has 0 radical (unpaired) electrons. The van der Waals surface area contributed by atoms with Crippen LogP contribution in [-0.2, 0) is 0 Å². The van der Waals surface area contributed by atoms with Crippen molar-refractivity contribution in [2.75, 3.05) is 19.7 Å². The van der Waals surface area contributed by atoms with Crippen molar-refractivity contribution in [2.45, 2.75) is 37.8 Å². The number of aliphatic hydroxyl groups is 1. The van der Waals surface area contributed by atoms with Gasteiger partial charge in [-0.05, 0) is 44.4 Å². The van der Waals surface area contributed by atoms with E-state index >= 15 is 0 Å². The van der Waals surface area contributed by atoms with Gasteiger partial charge in [-0.3, -0.25) is 0 Å². The second-order valence-electron chi connectivity index (χ2n) is 5.96. The molecule has 2 aliphatic heterocycles. The van der Waals surface area contributed by atoms with Gasteiger partial charge in [0.2, 0.25) is 0 Å². The van der Waals surface area contributed by atoms with Gasteiger partial charge in [0, 0.05) is 10.0 Å². The summed E-state index contributed by atoms with van der Waals surface area (Å²) in [4.78, 5) is 1.48. The molecule has 0 saturated carbocycles. The first-order valence-electron chi connectivity index (χ1n) is 7.07. The van der Waals surface area contributed by atoms with E-state index in [1.807, 2.05) is 18.2 Å². The summed E-state index contributed by atoms with van der Waals surface area (Å²) in [5, 5.41) is 10.8. The molecule has 4 heteroatoms. The first-order valence-corrected chi connectivity index (χ1v) is 7.86. The Labute approximate surface area is 122 Å². The molecule has 2 atom stereocenters. The molecule has 0 aromatic heterocycles.